The van der Waals surface area contributed by atoms with Crippen LogP contribution in [0.1, 0.15) is 32.1 Å². The molecule has 0 bridgehead atoms. The Hall–Kier alpha value is -1.46. The summed E-state index contributed by atoms with van der Waals surface area (Å²) in [6.07, 6.45) is 5.61. The molecule has 1 aliphatic heterocycles. The van der Waals surface area contributed by atoms with Gasteiger partial charge in [0.1, 0.15) is 5.92 Å². The van der Waals surface area contributed by atoms with Crippen molar-refractivity contribution >= 4 is 16.8 Å². The minimum absolute atomic E-state index is 0.158. The van der Waals surface area contributed by atoms with Gasteiger partial charge in [0.15, 0.2) is 0 Å². The largest absolute Gasteiger partial charge is 0.392 e. The molecule has 1 fully saturated rings. The molecular formula is C13H16N4S. The monoisotopic (exact) mass is 260 g/mol. The smallest absolute Gasteiger partial charge is 0.102 e. The minimum atomic E-state index is -0.486. The second kappa shape index (κ2) is 5.46. The van der Waals surface area contributed by atoms with Crippen molar-refractivity contribution in [1.29, 1.82) is 15.9 Å². The molecule has 0 aromatic heterocycles. The Morgan fingerprint density at radius 2 is 1.89 bits per heavy atom. The van der Waals surface area contributed by atoms with E-state index in [4.69, 9.17) is 11.1 Å². The summed E-state index contributed by atoms with van der Waals surface area (Å²) in [5, 5.41) is 27.2. The fraction of sp³-hybridized carbons (Fsp3) is 0.615. The van der Waals surface area contributed by atoms with Crippen LogP contribution in [-0.2, 0) is 0 Å². The van der Waals surface area contributed by atoms with Gasteiger partial charge in [-0.25, -0.2) is 0 Å². The number of nitrogens with zero attached hydrogens (tertiary/aromatic N) is 2. The summed E-state index contributed by atoms with van der Waals surface area (Å²) in [5.41, 5.74) is 6.40. The third kappa shape index (κ3) is 2.23. The molecule has 18 heavy (non-hydrogen) atoms. The summed E-state index contributed by atoms with van der Waals surface area (Å²) in [6.45, 7) is 0. The van der Waals surface area contributed by atoms with Gasteiger partial charge in [-0.05, 0) is 18.8 Å². The lowest BCUT2D eigenvalue weighted by atomic mass is 9.71. The van der Waals surface area contributed by atoms with E-state index in [2.05, 4.69) is 12.1 Å². The second-order valence-corrected chi connectivity index (χ2v) is 5.97. The van der Waals surface area contributed by atoms with Crippen LogP contribution in [0.4, 0.5) is 0 Å². The molecule has 94 valence electrons. The van der Waals surface area contributed by atoms with Crippen LogP contribution in [0.25, 0.3) is 0 Å². The fourth-order valence-electron chi connectivity index (χ4n) is 3.00. The first-order chi connectivity index (χ1) is 8.69. The van der Waals surface area contributed by atoms with E-state index in [0.717, 1.165) is 37.4 Å². The topological polar surface area (TPSA) is 97.4 Å². The number of hydrogen-bond donors (Lipinski definition) is 2. The number of nitrogens with one attached hydrogen (secondary N) is 1. The van der Waals surface area contributed by atoms with Crippen LogP contribution in [-0.4, -0.2) is 5.04 Å². The second-order valence-electron chi connectivity index (χ2n) is 4.89. The van der Waals surface area contributed by atoms with Crippen LogP contribution in [0.2, 0.25) is 0 Å². The van der Waals surface area contributed by atoms with Crippen LogP contribution in [0.5, 0.6) is 0 Å². The third-order valence-corrected chi connectivity index (χ3v) is 4.79. The van der Waals surface area contributed by atoms with E-state index < -0.39 is 5.92 Å². The highest BCUT2D eigenvalue weighted by molar-refractivity contribution is 8.17. The predicted octanol–water partition coefficient (Wildman–Crippen LogP) is 2.74. The first-order valence-corrected chi connectivity index (χ1v) is 7.06. The Morgan fingerprint density at radius 1 is 1.22 bits per heavy atom. The average Bonchev–Trinajstić information content (AvgIpc) is 2.39. The lowest BCUT2D eigenvalue weighted by molar-refractivity contribution is 0.264. The molecule has 0 saturated heterocycles. The van der Waals surface area contributed by atoms with Crippen LogP contribution in [0.15, 0.2) is 10.6 Å². The molecule has 2 aliphatic rings. The predicted molar refractivity (Wildman–Crippen MR) is 71.3 cm³/mol. The Labute approximate surface area is 111 Å². The van der Waals surface area contributed by atoms with E-state index in [1.165, 1.54) is 6.42 Å². The molecule has 0 amide bonds. The molecule has 0 spiro atoms. The van der Waals surface area contributed by atoms with Crippen molar-refractivity contribution in [3.63, 3.8) is 0 Å². The lowest BCUT2D eigenvalue weighted by Crippen LogP contribution is -2.34. The van der Waals surface area contributed by atoms with E-state index in [9.17, 15) is 10.5 Å². The zero-order valence-corrected chi connectivity index (χ0v) is 11.0. The highest BCUT2D eigenvalue weighted by Gasteiger charge is 2.40. The van der Waals surface area contributed by atoms with E-state index >= 15 is 0 Å². The van der Waals surface area contributed by atoms with Crippen LogP contribution < -0.4 is 5.73 Å². The number of nitriles is 2. The molecule has 0 unspecified atom stereocenters. The first-order valence-electron chi connectivity index (χ1n) is 6.24. The molecule has 1 heterocycles. The molecule has 2 rings (SSSR count). The summed E-state index contributed by atoms with van der Waals surface area (Å²) in [6, 6.07) is 4.37. The van der Waals surface area contributed by atoms with E-state index in [0.29, 0.717) is 21.6 Å². The molecular weight excluding hydrogens is 244 g/mol. The van der Waals surface area contributed by atoms with Crippen molar-refractivity contribution in [2.45, 2.75) is 32.1 Å². The van der Waals surface area contributed by atoms with Gasteiger partial charge >= 0.3 is 0 Å². The van der Waals surface area contributed by atoms with Crippen molar-refractivity contribution < 1.29 is 0 Å². The van der Waals surface area contributed by atoms with Crippen molar-refractivity contribution in [3.8, 4) is 12.1 Å². The van der Waals surface area contributed by atoms with Crippen LogP contribution in [0.3, 0.4) is 0 Å². The van der Waals surface area contributed by atoms with Gasteiger partial charge in [0, 0.05) is 5.92 Å². The van der Waals surface area contributed by atoms with E-state index in [1.54, 1.807) is 0 Å². The highest BCUT2D eigenvalue weighted by atomic mass is 32.2. The zero-order valence-electron chi connectivity index (χ0n) is 10.1. The number of allylic oxidation sites excluding steroid dienone is 1. The van der Waals surface area contributed by atoms with Crippen molar-refractivity contribution in [2.75, 3.05) is 0 Å². The molecule has 0 radical (unpaired) electrons. The van der Waals surface area contributed by atoms with E-state index in [1.807, 2.05) is 0 Å². The van der Waals surface area contributed by atoms with Crippen LogP contribution in [0, 0.1) is 45.8 Å². The Morgan fingerprint density at radius 3 is 2.44 bits per heavy atom. The maximum absolute atomic E-state index is 9.29. The normalized spacial score (nSPS) is 29.8. The minimum Gasteiger partial charge on any atom is -0.392 e. The van der Waals surface area contributed by atoms with Crippen molar-refractivity contribution in [1.82, 2.24) is 0 Å². The molecule has 5 heteroatoms. The summed E-state index contributed by atoms with van der Waals surface area (Å²) < 4.78 is 0. The zero-order chi connectivity index (χ0) is 13.1. The van der Waals surface area contributed by atoms with Gasteiger partial charge in [-0.2, -0.15) is 10.5 Å². The van der Waals surface area contributed by atoms with E-state index in [-0.39, 0.29) is 5.92 Å². The van der Waals surface area contributed by atoms with Gasteiger partial charge in [-0.15, -0.1) is 0 Å². The van der Waals surface area contributed by atoms with Gasteiger partial charge in [-0.1, -0.05) is 31.0 Å². The molecule has 0 aromatic carbocycles. The molecule has 0 aromatic rings. The Bertz CT molecular complexity index is 462. The van der Waals surface area contributed by atoms with Gasteiger partial charge in [-0.3, -0.25) is 5.41 Å². The number of thioether (sulfide) groups is 1. The van der Waals surface area contributed by atoms with Crippen molar-refractivity contribution in [3.05, 3.63) is 10.6 Å². The first kappa shape index (κ1) is 13.0. The molecule has 3 N–H and O–H groups in total. The summed E-state index contributed by atoms with van der Waals surface area (Å²) >= 11 is 1.07. The maximum atomic E-state index is 9.29. The summed E-state index contributed by atoms with van der Waals surface area (Å²) in [4.78, 5) is 0. The highest BCUT2D eigenvalue weighted by Crippen LogP contribution is 2.44. The fourth-order valence-corrected chi connectivity index (χ4v) is 3.86. The lowest BCUT2D eigenvalue weighted by Gasteiger charge is -2.35. The van der Waals surface area contributed by atoms with Crippen LogP contribution >= 0.6 is 11.8 Å². The van der Waals surface area contributed by atoms with Crippen molar-refractivity contribution in [2.24, 2.45) is 23.5 Å². The third-order valence-electron chi connectivity index (χ3n) is 3.88. The Kier molecular flexibility index (Phi) is 3.93. The number of nitrogens with two attached hydrogens (primary N) is 1. The van der Waals surface area contributed by atoms with Gasteiger partial charge < -0.3 is 5.73 Å². The Balaban J connectivity index is 2.37. The SMILES string of the molecule is N#CC1=C(N)SC(=N)[C@@H](C#N)[C@H]1C1CCCCC1. The number of rotatable bonds is 1. The number of hydrogen-bond acceptors (Lipinski definition) is 5. The molecule has 2 atom stereocenters. The molecule has 1 saturated carbocycles. The van der Waals surface area contributed by atoms with Gasteiger partial charge in [0.2, 0.25) is 0 Å². The maximum Gasteiger partial charge on any atom is 0.102 e. The summed E-state index contributed by atoms with van der Waals surface area (Å²) in [7, 11) is 0. The average molecular weight is 260 g/mol. The van der Waals surface area contributed by atoms with Gasteiger partial charge in [0.05, 0.1) is 27.8 Å². The standard InChI is InChI=1S/C13H16N4S/c14-6-9-11(8-4-2-1-3-5-8)10(7-15)13(17)18-12(9)16/h8-9,11,16H,1-5,17H2/t9-,11+/m0/s1. The van der Waals surface area contributed by atoms with Gasteiger partial charge in [0.25, 0.3) is 0 Å². The molecule has 4 nitrogen and oxygen atoms in total. The molecule has 1 aliphatic carbocycles. The quantitative estimate of drug-likeness (QED) is 0.757. The summed E-state index contributed by atoms with van der Waals surface area (Å²) in [5.74, 6) is -0.313.